The molecule has 23 heavy (non-hydrogen) atoms. The Hall–Kier alpha value is -2.27. The summed E-state index contributed by atoms with van der Waals surface area (Å²) in [4.78, 5) is 22.5. The molecule has 0 unspecified atom stereocenters. The van der Waals surface area contributed by atoms with Crippen LogP contribution in [0.25, 0.3) is 0 Å². The minimum absolute atomic E-state index is 0.0503. The second-order valence-corrected chi connectivity index (χ2v) is 5.85. The van der Waals surface area contributed by atoms with Gasteiger partial charge in [-0.3, -0.25) is 9.78 Å². The minimum Gasteiger partial charge on any atom is -0.381 e. The van der Waals surface area contributed by atoms with Crippen LogP contribution in [-0.2, 0) is 11.2 Å². The monoisotopic (exact) mass is 311 g/mol. The van der Waals surface area contributed by atoms with Gasteiger partial charge < -0.3 is 9.64 Å². The lowest BCUT2D eigenvalue weighted by Crippen LogP contribution is -2.47. The van der Waals surface area contributed by atoms with Crippen LogP contribution in [-0.4, -0.2) is 47.1 Å². The molecule has 1 saturated heterocycles. The molecule has 5 nitrogen and oxygen atoms in total. The van der Waals surface area contributed by atoms with Crippen molar-refractivity contribution in [2.75, 3.05) is 20.2 Å². The van der Waals surface area contributed by atoms with E-state index in [9.17, 15) is 4.79 Å². The van der Waals surface area contributed by atoms with Gasteiger partial charge in [-0.25, -0.2) is 4.98 Å². The first-order valence-electron chi connectivity index (χ1n) is 7.90. The van der Waals surface area contributed by atoms with Gasteiger partial charge in [0.2, 0.25) is 0 Å². The molecule has 0 saturated carbocycles. The Kier molecular flexibility index (Phi) is 4.98. The molecular weight excluding hydrogens is 290 g/mol. The number of aromatic nitrogens is 2. The third-order valence-corrected chi connectivity index (χ3v) is 4.38. The summed E-state index contributed by atoms with van der Waals surface area (Å²) < 4.78 is 5.64. The first-order valence-corrected chi connectivity index (χ1v) is 7.90. The molecular formula is C18H21N3O2. The van der Waals surface area contributed by atoms with Crippen molar-refractivity contribution in [3.8, 4) is 0 Å². The normalized spacial score (nSPS) is 21.2. The molecule has 1 aliphatic heterocycles. The third-order valence-electron chi connectivity index (χ3n) is 4.38. The predicted molar refractivity (Wildman–Crippen MR) is 87.0 cm³/mol. The molecule has 2 heterocycles. The maximum atomic E-state index is 12.6. The number of hydrogen-bond acceptors (Lipinski definition) is 4. The highest BCUT2D eigenvalue weighted by molar-refractivity contribution is 5.92. The van der Waals surface area contributed by atoms with Crippen molar-refractivity contribution >= 4 is 5.91 Å². The van der Waals surface area contributed by atoms with E-state index in [0.29, 0.717) is 18.8 Å². The average molecular weight is 311 g/mol. The Bertz CT molecular complexity index is 633. The Balaban J connectivity index is 1.72. The molecule has 1 amide bonds. The van der Waals surface area contributed by atoms with Gasteiger partial charge in [0, 0.05) is 38.5 Å². The number of piperidine rings is 1. The smallest absolute Gasteiger partial charge is 0.274 e. The number of likely N-dealkylation sites (tertiary alicyclic amines) is 1. The Morgan fingerprint density at radius 3 is 2.83 bits per heavy atom. The largest absolute Gasteiger partial charge is 0.381 e. The van der Waals surface area contributed by atoms with Crippen molar-refractivity contribution in [2.24, 2.45) is 5.92 Å². The fraction of sp³-hybridized carbons (Fsp3) is 0.389. The molecule has 2 aromatic rings. The first kappa shape index (κ1) is 15.6. The summed E-state index contributed by atoms with van der Waals surface area (Å²) in [5.41, 5.74) is 1.68. The van der Waals surface area contributed by atoms with E-state index in [1.165, 1.54) is 11.8 Å². The van der Waals surface area contributed by atoms with E-state index in [4.69, 9.17) is 4.74 Å². The Morgan fingerprint density at radius 2 is 2.13 bits per heavy atom. The zero-order valence-corrected chi connectivity index (χ0v) is 13.3. The van der Waals surface area contributed by atoms with E-state index in [-0.39, 0.29) is 17.9 Å². The van der Waals surface area contributed by atoms with Gasteiger partial charge in [0.1, 0.15) is 5.69 Å². The highest BCUT2D eigenvalue weighted by Gasteiger charge is 2.32. The van der Waals surface area contributed by atoms with Gasteiger partial charge in [-0.15, -0.1) is 0 Å². The maximum absolute atomic E-state index is 12.6. The van der Waals surface area contributed by atoms with Gasteiger partial charge in [0.25, 0.3) is 5.91 Å². The van der Waals surface area contributed by atoms with Crippen molar-refractivity contribution in [1.82, 2.24) is 14.9 Å². The van der Waals surface area contributed by atoms with Gasteiger partial charge in [-0.1, -0.05) is 30.3 Å². The molecule has 1 aliphatic rings. The van der Waals surface area contributed by atoms with Crippen molar-refractivity contribution < 1.29 is 9.53 Å². The van der Waals surface area contributed by atoms with E-state index in [1.807, 2.05) is 23.1 Å². The predicted octanol–water partition coefficient (Wildman–Crippen LogP) is 2.20. The highest BCUT2D eigenvalue weighted by atomic mass is 16.5. The number of hydrogen-bond donors (Lipinski definition) is 0. The summed E-state index contributed by atoms with van der Waals surface area (Å²) in [6.07, 6.45) is 6.59. The number of carbonyl (C=O) groups is 1. The molecule has 0 radical (unpaired) electrons. The van der Waals surface area contributed by atoms with E-state index in [2.05, 4.69) is 22.1 Å². The molecule has 0 bridgehead atoms. The highest BCUT2D eigenvalue weighted by Crippen LogP contribution is 2.24. The first-order chi connectivity index (χ1) is 11.3. The summed E-state index contributed by atoms with van der Waals surface area (Å²) in [5.74, 6) is 0.238. The topological polar surface area (TPSA) is 55.3 Å². The van der Waals surface area contributed by atoms with E-state index in [0.717, 1.165) is 12.8 Å². The number of methoxy groups -OCH3 is 1. The second kappa shape index (κ2) is 7.33. The SMILES string of the molecule is CO[C@@H]1CCN(C(=O)c2cnccn2)C[C@H]1Cc1ccccc1. The summed E-state index contributed by atoms with van der Waals surface area (Å²) in [7, 11) is 1.75. The number of nitrogens with zero attached hydrogens (tertiary/aromatic N) is 3. The molecule has 120 valence electrons. The molecule has 0 spiro atoms. The second-order valence-electron chi connectivity index (χ2n) is 5.85. The van der Waals surface area contributed by atoms with Crippen LogP contribution in [0.2, 0.25) is 0 Å². The van der Waals surface area contributed by atoms with Crippen LogP contribution in [0.15, 0.2) is 48.9 Å². The number of rotatable bonds is 4. The van der Waals surface area contributed by atoms with Crippen LogP contribution in [0.1, 0.15) is 22.5 Å². The quantitative estimate of drug-likeness (QED) is 0.868. The summed E-state index contributed by atoms with van der Waals surface area (Å²) in [6, 6.07) is 10.3. The molecule has 1 aromatic heterocycles. The van der Waals surface area contributed by atoms with E-state index < -0.39 is 0 Å². The molecule has 5 heteroatoms. The van der Waals surface area contributed by atoms with Crippen molar-refractivity contribution in [3.05, 3.63) is 60.2 Å². The van der Waals surface area contributed by atoms with E-state index in [1.54, 1.807) is 19.5 Å². The van der Waals surface area contributed by atoms with Gasteiger partial charge in [-0.05, 0) is 18.4 Å². The fourth-order valence-electron chi connectivity index (χ4n) is 3.19. The van der Waals surface area contributed by atoms with Crippen molar-refractivity contribution in [1.29, 1.82) is 0 Å². The van der Waals surface area contributed by atoms with Gasteiger partial charge >= 0.3 is 0 Å². The van der Waals surface area contributed by atoms with Crippen LogP contribution in [0, 0.1) is 5.92 Å². The molecule has 0 aliphatic carbocycles. The van der Waals surface area contributed by atoms with Crippen LogP contribution in [0.3, 0.4) is 0 Å². The van der Waals surface area contributed by atoms with Gasteiger partial charge in [0.05, 0.1) is 12.3 Å². The van der Waals surface area contributed by atoms with Crippen molar-refractivity contribution in [2.45, 2.75) is 18.9 Å². The van der Waals surface area contributed by atoms with Gasteiger partial charge in [-0.2, -0.15) is 0 Å². The number of benzene rings is 1. The molecule has 0 N–H and O–H groups in total. The number of carbonyl (C=O) groups excluding carboxylic acids is 1. The molecule has 1 aromatic carbocycles. The maximum Gasteiger partial charge on any atom is 0.274 e. The lowest BCUT2D eigenvalue weighted by atomic mass is 9.88. The molecule has 1 fully saturated rings. The lowest BCUT2D eigenvalue weighted by molar-refractivity contribution is -0.00318. The fourth-order valence-corrected chi connectivity index (χ4v) is 3.19. The van der Waals surface area contributed by atoms with E-state index >= 15 is 0 Å². The average Bonchev–Trinajstić information content (AvgIpc) is 2.62. The van der Waals surface area contributed by atoms with Crippen LogP contribution >= 0.6 is 0 Å². The van der Waals surface area contributed by atoms with Crippen LogP contribution < -0.4 is 0 Å². The molecule has 2 atom stereocenters. The Labute approximate surface area is 136 Å². The van der Waals surface area contributed by atoms with Crippen molar-refractivity contribution in [3.63, 3.8) is 0 Å². The third kappa shape index (κ3) is 3.74. The lowest BCUT2D eigenvalue weighted by Gasteiger charge is -2.37. The standard InChI is InChI=1S/C18H21N3O2/c1-23-17-7-10-21(18(22)16-12-19-8-9-20-16)13-15(17)11-14-5-3-2-4-6-14/h2-6,8-9,12,15,17H,7,10-11,13H2,1H3/t15-,17-/m1/s1. The van der Waals surface area contributed by atoms with Crippen LogP contribution in [0.4, 0.5) is 0 Å². The zero-order valence-electron chi connectivity index (χ0n) is 13.3. The zero-order chi connectivity index (χ0) is 16.1. The summed E-state index contributed by atoms with van der Waals surface area (Å²) in [5, 5.41) is 0. The number of ether oxygens (including phenoxy) is 1. The molecule has 3 rings (SSSR count). The number of amides is 1. The summed E-state index contributed by atoms with van der Waals surface area (Å²) >= 11 is 0. The minimum atomic E-state index is -0.0503. The Morgan fingerprint density at radius 1 is 1.30 bits per heavy atom. The summed E-state index contributed by atoms with van der Waals surface area (Å²) in [6.45, 7) is 1.38. The van der Waals surface area contributed by atoms with Gasteiger partial charge in [0.15, 0.2) is 0 Å². The van der Waals surface area contributed by atoms with Crippen LogP contribution in [0.5, 0.6) is 0 Å².